The number of nitrogens with one attached hydrogen (secondary N) is 2. The van der Waals surface area contributed by atoms with Crippen LogP contribution in [0.25, 0.3) is 11.0 Å². The SMILES string of the molecule is CC(C)(C)n1ncc2c(=O)[nH]c(NCc3ccc(N4CCSCC4)cc3)nc21. The van der Waals surface area contributed by atoms with Gasteiger partial charge in [0.05, 0.1) is 11.7 Å². The molecule has 0 bridgehead atoms. The number of benzene rings is 1. The second-order valence-electron chi connectivity index (χ2n) is 8.00. The summed E-state index contributed by atoms with van der Waals surface area (Å²) in [5.74, 6) is 2.84. The Morgan fingerprint density at radius 1 is 1.18 bits per heavy atom. The van der Waals surface area contributed by atoms with Crippen LogP contribution in [0.2, 0.25) is 0 Å². The molecule has 1 aromatic carbocycles. The van der Waals surface area contributed by atoms with Gasteiger partial charge in [-0.15, -0.1) is 0 Å². The number of aromatic nitrogens is 4. The van der Waals surface area contributed by atoms with Crippen molar-refractivity contribution in [2.75, 3.05) is 34.8 Å². The number of hydrogen-bond donors (Lipinski definition) is 2. The van der Waals surface area contributed by atoms with Crippen molar-refractivity contribution in [3.63, 3.8) is 0 Å². The molecule has 2 aromatic heterocycles. The molecule has 0 saturated carbocycles. The normalized spacial score (nSPS) is 15.2. The van der Waals surface area contributed by atoms with Crippen LogP contribution < -0.4 is 15.8 Å². The second kappa shape index (κ2) is 7.50. The van der Waals surface area contributed by atoms with E-state index in [0.29, 0.717) is 23.5 Å². The van der Waals surface area contributed by atoms with Gasteiger partial charge in [-0.3, -0.25) is 9.78 Å². The van der Waals surface area contributed by atoms with Gasteiger partial charge in [-0.1, -0.05) is 12.1 Å². The molecule has 0 radical (unpaired) electrons. The molecule has 2 N–H and O–H groups in total. The summed E-state index contributed by atoms with van der Waals surface area (Å²) in [7, 11) is 0. The van der Waals surface area contributed by atoms with E-state index < -0.39 is 0 Å². The fraction of sp³-hybridized carbons (Fsp3) is 0.450. The highest BCUT2D eigenvalue weighted by Crippen LogP contribution is 2.21. The Balaban J connectivity index is 1.50. The number of aromatic amines is 1. The highest BCUT2D eigenvalue weighted by molar-refractivity contribution is 7.99. The van der Waals surface area contributed by atoms with E-state index in [1.165, 1.54) is 17.2 Å². The van der Waals surface area contributed by atoms with Gasteiger partial charge in [0.2, 0.25) is 5.95 Å². The highest BCUT2D eigenvalue weighted by Gasteiger charge is 2.19. The molecule has 28 heavy (non-hydrogen) atoms. The van der Waals surface area contributed by atoms with Crippen molar-refractivity contribution in [1.82, 2.24) is 19.7 Å². The van der Waals surface area contributed by atoms with Gasteiger partial charge in [0.1, 0.15) is 5.39 Å². The van der Waals surface area contributed by atoms with Gasteiger partial charge in [-0.2, -0.15) is 21.8 Å². The summed E-state index contributed by atoms with van der Waals surface area (Å²) in [5.41, 5.74) is 2.58. The number of H-pyrrole nitrogens is 1. The minimum absolute atomic E-state index is 0.179. The summed E-state index contributed by atoms with van der Waals surface area (Å²) in [6.45, 7) is 8.92. The zero-order valence-corrected chi connectivity index (χ0v) is 17.3. The number of anilines is 2. The first kappa shape index (κ1) is 18.9. The Labute approximate surface area is 168 Å². The van der Waals surface area contributed by atoms with Crippen LogP contribution in [-0.4, -0.2) is 44.3 Å². The van der Waals surface area contributed by atoms with Crippen LogP contribution in [-0.2, 0) is 12.1 Å². The first-order valence-electron chi connectivity index (χ1n) is 9.56. The van der Waals surface area contributed by atoms with E-state index >= 15 is 0 Å². The first-order chi connectivity index (χ1) is 13.4. The summed E-state index contributed by atoms with van der Waals surface area (Å²) in [4.78, 5) is 22.2. The van der Waals surface area contributed by atoms with Gasteiger partial charge in [-0.05, 0) is 38.5 Å². The van der Waals surface area contributed by atoms with E-state index in [2.05, 4.69) is 49.5 Å². The Kier molecular flexibility index (Phi) is 5.05. The van der Waals surface area contributed by atoms with Gasteiger partial charge in [0.15, 0.2) is 5.65 Å². The topological polar surface area (TPSA) is 78.8 Å². The third-order valence-corrected chi connectivity index (χ3v) is 5.79. The monoisotopic (exact) mass is 398 g/mol. The molecule has 3 heterocycles. The van der Waals surface area contributed by atoms with Crippen LogP contribution in [0.4, 0.5) is 11.6 Å². The van der Waals surface area contributed by atoms with Crippen LogP contribution in [0.15, 0.2) is 35.3 Å². The van der Waals surface area contributed by atoms with Gasteiger partial charge in [-0.25, -0.2) is 4.68 Å². The molecule has 0 unspecified atom stereocenters. The third-order valence-electron chi connectivity index (χ3n) is 4.85. The first-order valence-corrected chi connectivity index (χ1v) is 10.7. The number of thioether (sulfide) groups is 1. The van der Waals surface area contributed by atoms with E-state index in [9.17, 15) is 4.79 Å². The van der Waals surface area contributed by atoms with Crippen molar-refractivity contribution in [3.05, 3.63) is 46.4 Å². The standard InChI is InChI=1S/C20H26N6OS/c1-20(2,3)26-17-16(13-22-26)18(27)24-19(23-17)21-12-14-4-6-15(7-5-14)25-8-10-28-11-9-25/h4-7,13H,8-12H2,1-3H3,(H2,21,23,24,27). The maximum absolute atomic E-state index is 12.4. The van der Waals surface area contributed by atoms with E-state index in [1.807, 2.05) is 32.5 Å². The fourth-order valence-corrected chi connectivity index (χ4v) is 4.23. The van der Waals surface area contributed by atoms with Gasteiger partial charge in [0, 0.05) is 36.8 Å². The van der Waals surface area contributed by atoms with Gasteiger partial charge >= 0.3 is 0 Å². The van der Waals surface area contributed by atoms with E-state index in [0.717, 1.165) is 18.7 Å². The molecule has 3 aromatic rings. The Morgan fingerprint density at radius 2 is 1.89 bits per heavy atom. The molecule has 148 valence electrons. The zero-order valence-electron chi connectivity index (χ0n) is 16.5. The third kappa shape index (κ3) is 3.87. The van der Waals surface area contributed by atoms with Crippen LogP contribution in [0.3, 0.4) is 0 Å². The Morgan fingerprint density at radius 3 is 2.57 bits per heavy atom. The lowest BCUT2D eigenvalue weighted by Gasteiger charge is -2.28. The smallest absolute Gasteiger partial charge is 0.263 e. The van der Waals surface area contributed by atoms with Crippen molar-refractivity contribution in [3.8, 4) is 0 Å². The van der Waals surface area contributed by atoms with Crippen LogP contribution >= 0.6 is 11.8 Å². The molecule has 0 aliphatic carbocycles. The van der Waals surface area contributed by atoms with Gasteiger partial charge < -0.3 is 10.2 Å². The van der Waals surface area contributed by atoms with Crippen LogP contribution in [0.1, 0.15) is 26.3 Å². The quantitative estimate of drug-likeness (QED) is 0.703. The van der Waals surface area contributed by atoms with Crippen LogP contribution in [0.5, 0.6) is 0 Å². The van der Waals surface area contributed by atoms with Crippen molar-refractivity contribution in [2.45, 2.75) is 32.9 Å². The summed E-state index contributed by atoms with van der Waals surface area (Å²) in [6.07, 6.45) is 1.58. The van der Waals surface area contributed by atoms with Crippen molar-refractivity contribution >= 4 is 34.4 Å². The molecule has 1 saturated heterocycles. The minimum Gasteiger partial charge on any atom is -0.370 e. The number of fused-ring (bicyclic) bond motifs is 1. The molecule has 4 rings (SSSR count). The maximum atomic E-state index is 12.4. The van der Waals surface area contributed by atoms with E-state index in [4.69, 9.17) is 0 Å². The fourth-order valence-electron chi connectivity index (χ4n) is 3.33. The van der Waals surface area contributed by atoms with Crippen molar-refractivity contribution in [1.29, 1.82) is 0 Å². The summed E-state index contributed by atoms with van der Waals surface area (Å²) < 4.78 is 1.79. The van der Waals surface area contributed by atoms with Crippen molar-refractivity contribution in [2.24, 2.45) is 0 Å². The average Bonchev–Trinajstić information content (AvgIpc) is 3.13. The lowest BCUT2D eigenvalue weighted by Crippen LogP contribution is -2.32. The largest absolute Gasteiger partial charge is 0.370 e. The number of rotatable bonds is 4. The van der Waals surface area contributed by atoms with Gasteiger partial charge in [0.25, 0.3) is 5.56 Å². The lowest BCUT2D eigenvalue weighted by molar-refractivity contribution is 0.366. The molecule has 0 atom stereocenters. The highest BCUT2D eigenvalue weighted by atomic mass is 32.2. The summed E-state index contributed by atoms with van der Waals surface area (Å²) >= 11 is 2.01. The zero-order chi connectivity index (χ0) is 19.7. The van der Waals surface area contributed by atoms with Crippen LogP contribution in [0, 0.1) is 0 Å². The van der Waals surface area contributed by atoms with Crippen molar-refractivity contribution < 1.29 is 0 Å². The van der Waals surface area contributed by atoms with E-state index in [1.54, 1.807) is 10.9 Å². The predicted octanol–water partition coefficient (Wildman–Crippen LogP) is 3.04. The number of hydrogen-bond acceptors (Lipinski definition) is 6. The molecular weight excluding hydrogens is 372 g/mol. The molecule has 0 amide bonds. The molecule has 1 fully saturated rings. The molecule has 1 aliphatic rings. The van der Waals surface area contributed by atoms with E-state index in [-0.39, 0.29) is 11.1 Å². The second-order valence-corrected chi connectivity index (χ2v) is 9.22. The molecule has 7 nitrogen and oxygen atoms in total. The average molecular weight is 399 g/mol. The minimum atomic E-state index is -0.247. The number of nitrogens with zero attached hydrogens (tertiary/aromatic N) is 4. The predicted molar refractivity (Wildman–Crippen MR) is 116 cm³/mol. The molecule has 1 aliphatic heterocycles. The summed E-state index contributed by atoms with van der Waals surface area (Å²) in [5, 5.41) is 8.08. The maximum Gasteiger partial charge on any atom is 0.263 e. The molecular formula is C20H26N6OS. The molecule has 8 heteroatoms. The Hall–Kier alpha value is -2.48. The Bertz CT molecular complexity index is 1010. The molecule has 0 spiro atoms. The summed E-state index contributed by atoms with van der Waals surface area (Å²) in [6, 6.07) is 8.59. The lowest BCUT2D eigenvalue weighted by atomic mass is 10.1.